The second-order valence-corrected chi connectivity index (χ2v) is 3.19. The van der Waals surface area contributed by atoms with Crippen LogP contribution in [-0.2, 0) is 6.54 Å². The summed E-state index contributed by atoms with van der Waals surface area (Å²) in [5.41, 5.74) is 2.20. The maximum atomic E-state index is 7.22. The molecule has 1 aromatic carbocycles. The van der Waals surface area contributed by atoms with E-state index in [4.69, 9.17) is 5.41 Å². The number of nitrogens with zero attached hydrogens (tertiary/aromatic N) is 1. The summed E-state index contributed by atoms with van der Waals surface area (Å²) in [6, 6.07) is 14.2. The van der Waals surface area contributed by atoms with Crippen LogP contribution in [0.1, 0.15) is 11.3 Å². The molecule has 0 amide bonds. The average molecular weight is 184 g/mol. The monoisotopic (exact) mass is 184 g/mol. The molecule has 1 aromatic heterocycles. The van der Waals surface area contributed by atoms with Crippen molar-refractivity contribution in [2.75, 3.05) is 0 Å². The number of rotatable bonds is 3. The number of aromatic nitrogens is 1. The van der Waals surface area contributed by atoms with E-state index in [1.807, 2.05) is 36.5 Å². The molecular formula is C12H12N2. The molecule has 0 spiro atoms. The molecular weight excluding hydrogens is 172 g/mol. The lowest BCUT2D eigenvalue weighted by molar-refractivity contribution is 0.800. The van der Waals surface area contributed by atoms with Gasteiger partial charge in [0.2, 0.25) is 0 Å². The Morgan fingerprint density at radius 3 is 2.57 bits per heavy atom. The van der Waals surface area contributed by atoms with E-state index in [0.29, 0.717) is 0 Å². The lowest BCUT2D eigenvalue weighted by Crippen LogP contribution is -2.01. The van der Waals surface area contributed by atoms with Gasteiger partial charge in [-0.05, 0) is 17.7 Å². The maximum Gasteiger partial charge on any atom is 0.0588 e. The predicted octanol–water partition coefficient (Wildman–Crippen LogP) is 2.53. The number of hydrogen-bond donors (Lipinski definition) is 1. The summed E-state index contributed by atoms with van der Waals surface area (Å²) in [7, 11) is 0. The molecule has 0 bridgehead atoms. The number of hydrogen-bond acceptors (Lipinski definition) is 1. The molecule has 2 aromatic rings. The van der Waals surface area contributed by atoms with Gasteiger partial charge in [0.1, 0.15) is 0 Å². The van der Waals surface area contributed by atoms with Crippen LogP contribution in [0.5, 0.6) is 0 Å². The van der Waals surface area contributed by atoms with Gasteiger partial charge in [-0.3, -0.25) is 0 Å². The zero-order chi connectivity index (χ0) is 9.80. The van der Waals surface area contributed by atoms with E-state index in [-0.39, 0.29) is 0 Å². The van der Waals surface area contributed by atoms with Gasteiger partial charge < -0.3 is 9.98 Å². The first kappa shape index (κ1) is 8.75. The average Bonchev–Trinajstić information content (AvgIpc) is 2.67. The highest BCUT2D eigenvalue weighted by Crippen LogP contribution is 2.05. The van der Waals surface area contributed by atoms with Crippen molar-refractivity contribution in [3.05, 3.63) is 59.9 Å². The van der Waals surface area contributed by atoms with Crippen LogP contribution in [0.3, 0.4) is 0 Å². The minimum absolute atomic E-state index is 0.832. The topological polar surface area (TPSA) is 28.8 Å². The highest BCUT2D eigenvalue weighted by Gasteiger charge is 1.97. The Bertz CT molecular complexity index is 415. The van der Waals surface area contributed by atoms with Gasteiger partial charge >= 0.3 is 0 Å². The normalized spacial score (nSPS) is 10.0. The van der Waals surface area contributed by atoms with Crippen LogP contribution >= 0.6 is 0 Å². The largest absolute Gasteiger partial charge is 0.342 e. The van der Waals surface area contributed by atoms with E-state index < -0.39 is 0 Å². The molecule has 1 heterocycles. The van der Waals surface area contributed by atoms with Gasteiger partial charge in [-0.25, -0.2) is 0 Å². The smallest absolute Gasteiger partial charge is 0.0588 e. The fourth-order valence-electron chi connectivity index (χ4n) is 1.48. The molecule has 1 N–H and O–H groups in total. The van der Waals surface area contributed by atoms with Crippen LogP contribution in [0.15, 0.2) is 48.7 Å². The third kappa shape index (κ3) is 1.74. The zero-order valence-corrected chi connectivity index (χ0v) is 7.85. The molecule has 0 saturated carbocycles. The minimum Gasteiger partial charge on any atom is -0.342 e. The van der Waals surface area contributed by atoms with Crippen LogP contribution in [0, 0.1) is 5.41 Å². The highest BCUT2D eigenvalue weighted by molar-refractivity contribution is 5.74. The Hall–Kier alpha value is -1.83. The second-order valence-electron chi connectivity index (χ2n) is 3.19. The van der Waals surface area contributed by atoms with Gasteiger partial charge in [-0.1, -0.05) is 30.3 Å². The quantitative estimate of drug-likeness (QED) is 0.710. The summed E-state index contributed by atoms with van der Waals surface area (Å²) in [6.45, 7) is 0.832. The van der Waals surface area contributed by atoms with Gasteiger partial charge in [0.15, 0.2) is 0 Å². The Labute approximate surface area is 83.3 Å². The van der Waals surface area contributed by atoms with Gasteiger partial charge in [0.05, 0.1) is 5.69 Å². The standard InChI is InChI=1S/C12H12N2/c13-9-12-7-4-8-14(12)10-11-5-2-1-3-6-11/h1-9,13H,10H2. The SMILES string of the molecule is N=Cc1cccn1Cc1ccccc1. The lowest BCUT2D eigenvalue weighted by Gasteiger charge is -2.05. The van der Waals surface area contributed by atoms with E-state index in [1.54, 1.807) is 0 Å². The van der Waals surface area contributed by atoms with Crippen molar-refractivity contribution in [1.82, 2.24) is 4.57 Å². The van der Waals surface area contributed by atoms with Crippen LogP contribution in [-0.4, -0.2) is 10.8 Å². The van der Waals surface area contributed by atoms with Gasteiger partial charge in [0, 0.05) is 19.0 Å². The summed E-state index contributed by atoms with van der Waals surface area (Å²) in [4.78, 5) is 0. The minimum atomic E-state index is 0.832. The molecule has 0 saturated heterocycles. The molecule has 2 heteroatoms. The molecule has 70 valence electrons. The van der Waals surface area contributed by atoms with E-state index in [9.17, 15) is 0 Å². The van der Waals surface area contributed by atoms with Crippen molar-refractivity contribution < 1.29 is 0 Å². The molecule has 0 fully saturated rings. The maximum absolute atomic E-state index is 7.22. The van der Waals surface area contributed by atoms with Crippen molar-refractivity contribution in [2.24, 2.45) is 0 Å². The number of benzene rings is 1. The first-order valence-corrected chi connectivity index (χ1v) is 4.59. The summed E-state index contributed by atoms with van der Waals surface area (Å²) >= 11 is 0. The molecule has 14 heavy (non-hydrogen) atoms. The molecule has 0 aliphatic rings. The third-order valence-corrected chi connectivity index (χ3v) is 2.21. The highest BCUT2D eigenvalue weighted by atomic mass is 15.0. The van der Waals surface area contributed by atoms with Crippen LogP contribution < -0.4 is 0 Å². The molecule has 0 unspecified atom stereocenters. The molecule has 0 radical (unpaired) electrons. The summed E-state index contributed by atoms with van der Waals surface area (Å²) in [5.74, 6) is 0. The summed E-state index contributed by atoms with van der Waals surface area (Å²) in [6.07, 6.45) is 3.37. The molecule has 2 nitrogen and oxygen atoms in total. The van der Waals surface area contributed by atoms with E-state index in [1.165, 1.54) is 11.8 Å². The fourth-order valence-corrected chi connectivity index (χ4v) is 1.48. The van der Waals surface area contributed by atoms with E-state index >= 15 is 0 Å². The molecule has 0 aliphatic heterocycles. The molecule has 2 rings (SSSR count). The Morgan fingerprint density at radius 2 is 1.86 bits per heavy atom. The molecule has 0 aliphatic carbocycles. The van der Waals surface area contributed by atoms with Crippen molar-refractivity contribution in [3.8, 4) is 0 Å². The fraction of sp³-hybridized carbons (Fsp3) is 0.0833. The summed E-state index contributed by atoms with van der Waals surface area (Å²) < 4.78 is 2.06. The second kappa shape index (κ2) is 3.92. The Morgan fingerprint density at radius 1 is 1.07 bits per heavy atom. The molecule has 0 atom stereocenters. The van der Waals surface area contributed by atoms with Crippen LogP contribution in [0.4, 0.5) is 0 Å². The van der Waals surface area contributed by atoms with Crippen molar-refractivity contribution in [1.29, 1.82) is 5.41 Å². The van der Waals surface area contributed by atoms with Crippen molar-refractivity contribution in [3.63, 3.8) is 0 Å². The van der Waals surface area contributed by atoms with Crippen LogP contribution in [0.25, 0.3) is 0 Å². The number of nitrogens with one attached hydrogen (secondary N) is 1. The van der Waals surface area contributed by atoms with Gasteiger partial charge in [-0.2, -0.15) is 0 Å². The lowest BCUT2D eigenvalue weighted by atomic mass is 10.2. The first-order valence-electron chi connectivity index (χ1n) is 4.59. The Balaban J connectivity index is 2.23. The Kier molecular flexibility index (Phi) is 2.45. The summed E-state index contributed by atoms with van der Waals surface area (Å²) in [5, 5.41) is 7.22. The van der Waals surface area contributed by atoms with Crippen LogP contribution in [0.2, 0.25) is 0 Å². The third-order valence-electron chi connectivity index (χ3n) is 2.21. The zero-order valence-electron chi connectivity index (χ0n) is 7.85. The van der Waals surface area contributed by atoms with Crippen molar-refractivity contribution >= 4 is 6.21 Å². The van der Waals surface area contributed by atoms with Crippen molar-refractivity contribution in [2.45, 2.75) is 6.54 Å². The predicted molar refractivity (Wildman–Crippen MR) is 57.9 cm³/mol. The van der Waals surface area contributed by atoms with E-state index in [2.05, 4.69) is 16.7 Å². The first-order chi connectivity index (χ1) is 6.90. The van der Waals surface area contributed by atoms with E-state index in [0.717, 1.165) is 12.2 Å². The van der Waals surface area contributed by atoms with Gasteiger partial charge in [0.25, 0.3) is 0 Å². The van der Waals surface area contributed by atoms with Gasteiger partial charge in [-0.15, -0.1) is 0 Å².